The molecule has 0 unspecified atom stereocenters. The number of hydrogen-bond acceptors (Lipinski definition) is 4. The first-order valence-electron chi connectivity index (χ1n) is 9.41. The molecule has 2 saturated carbocycles. The predicted octanol–water partition coefficient (Wildman–Crippen LogP) is 4.59. The molecule has 2 aliphatic carbocycles. The lowest BCUT2D eigenvalue weighted by atomic mass is 9.68. The number of nitro groups is 1. The molecule has 3 aliphatic rings. The van der Waals surface area contributed by atoms with Crippen molar-refractivity contribution in [1.29, 1.82) is 0 Å². The largest absolute Gasteiger partial charge is 0.478 e. The van der Waals surface area contributed by atoms with E-state index in [2.05, 4.69) is 5.32 Å². The molecule has 0 radical (unpaired) electrons. The maximum atomic E-state index is 11.4. The van der Waals surface area contributed by atoms with E-state index >= 15 is 0 Å². The van der Waals surface area contributed by atoms with Crippen molar-refractivity contribution in [2.45, 2.75) is 31.2 Å². The summed E-state index contributed by atoms with van der Waals surface area (Å²) in [4.78, 5) is 22.3. The van der Waals surface area contributed by atoms with Crippen molar-refractivity contribution in [3.05, 3.63) is 69.3 Å². The van der Waals surface area contributed by atoms with Crippen LogP contribution >= 0.6 is 0 Å². The van der Waals surface area contributed by atoms with E-state index in [1.807, 2.05) is 18.2 Å². The molecule has 2 aromatic carbocycles. The van der Waals surface area contributed by atoms with Gasteiger partial charge in [-0.2, -0.15) is 0 Å². The van der Waals surface area contributed by atoms with Gasteiger partial charge in [0.1, 0.15) is 0 Å². The third-order valence-electron chi connectivity index (χ3n) is 6.77. The molecule has 1 aliphatic heterocycles. The van der Waals surface area contributed by atoms with Crippen LogP contribution < -0.4 is 5.32 Å². The molecule has 2 bridgehead atoms. The summed E-state index contributed by atoms with van der Waals surface area (Å²) in [5, 5.41) is 24.2. The van der Waals surface area contributed by atoms with Crippen LogP contribution in [0.1, 0.15) is 52.7 Å². The summed E-state index contributed by atoms with van der Waals surface area (Å²) in [5.41, 5.74) is 3.45. The third kappa shape index (κ3) is 2.43. The van der Waals surface area contributed by atoms with E-state index in [1.165, 1.54) is 25.3 Å². The van der Waals surface area contributed by atoms with Crippen molar-refractivity contribution in [3.8, 4) is 0 Å². The normalized spacial score (nSPS) is 30.3. The first kappa shape index (κ1) is 16.3. The number of fused-ring (bicyclic) bond motifs is 7. The summed E-state index contributed by atoms with van der Waals surface area (Å²) in [5.74, 6) is 0.925. The van der Waals surface area contributed by atoms with Gasteiger partial charge in [0.15, 0.2) is 0 Å². The van der Waals surface area contributed by atoms with Crippen LogP contribution in [0.3, 0.4) is 0 Å². The molecule has 2 N–H and O–H groups in total. The Hall–Kier alpha value is -2.89. The number of carboxylic acids is 1. The van der Waals surface area contributed by atoms with E-state index in [9.17, 15) is 20.0 Å². The molecule has 6 nitrogen and oxygen atoms in total. The molecule has 6 heteroatoms. The number of nitro benzene ring substituents is 1. The molecule has 138 valence electrons. The van der Waals surface area contributed by atoms with Gasteiger partial charge >= 0.3 is 5.97 Å². The lowest BCUT2D eigenvalue weighted by Crippen LogP contribution is -2.35. The van der Waals surface area contributed by atoms with E-state index in [4.69, 9.17) is 0 Å². The van der Waals surface area contributed by atoms with Gasteiger partial charge in [-0.25, -0.2) is 4.79 Å². The van der Waals surface area contributed by atoms with Crippen molar-refractivity contribution in [3.63, 3.8) is 0 Å². The molecule has 0 amide bonds. The molecular weight excluding hydrogens is 344 g/mol. The van der Waals surface area contributed by atoms with Gasteiger partial charge in [-0.05, 0) is 72.3 Å². The summed E-state index contributed by atoms with van der Waals surface area (Å²) in [6, 6.07) is 12.2. The van der Waals surface area contributed by atoms with Crippen molar-refractivity contribution in [2.75, 3.05) is 5.32 Å². The minimum absolute atomic E-state index is 0.0216. The average Bonchev–Trinajstić information content (AvgIpc) is 3.29. The zero-order valence-corrected chi connectivity index (χ0v) is 14.7. The Morgan fingerprint density at radius 1 is 1.15 bits per heavy atom. The molecule has 2 fully saturated rings. The number of aromatic carboxylic acids is 1. The Bertz CT molecular complexity index is 957. The van der Waals surface area contributed by atoms with Gasteiger partial charge in [0.25, 0.3) is 5.69 Å². The van der Waals surface area contributed by atoms with Gasteiger partial charge in [-0.3, -0.25) is 10.1 Å². The van der Waals surface area contributed by atoms with Crippen LogP contribution in [0.5, 0.6) is 0 Å². The highest BCUT2D eigenvalue weighted by Crippen LogP contribution is 2.63. The van der Waals surface area contributed by atoms with Crippen LogP contribution in [0.2, 0.25) is 0 Å². The van der Waals surface area contributed by atoms with Crippen molar-refractivity contribution >= 4 is 17.3 Å². The van der Waals surface area contributed by atoms with Gasteiger partial charge in [-0.15, -0.1) is 0 Å². The van der Waals surface area contributed by atoms with Crippen LogP contribution in [0.25, 0.3) is 0 Å². The smallest absolute Gasteiger partial charge is 0.335 e. The number of hydrogen-bond donors (Lipinski definition) is 2. The quantitative estimate of drug-likeness (QED) is 0.614. The van der Waals surface area contributed by atoms with Crippen molar-refractivity contribution in [1.82, 2.24) is 0 Å². The zero-order valence-electron chi connectivity index (χ0n) is 14.7. The zero-order chi connectivity index (χ0) is 18.7. The Morgan fingerprint density at radius 3 is 2.74 bits per heavy atom. The maximum Gasteiger partial charge on any atom is 0.335 e. The monoisotopic (exact) mass is 364 g/mol. The SMILES string of the molecule is O=C(O)c1ccc2c(c1)[C@@H]1[C@H]3CC[C@@H](C3)[C@H]1[C@@H](c1cccc([N+](=O)[O-])c1)N2. The van der Waals surface area contributed by atoms with Crippen LogP contribution in [-0.4, -0.2) is 16.0 Å². The number of carbonyl (C=O) groups is 1. The molecular formula is C21H20N2O4. The molecule has 27 heavy (non-hydrogen) atoms. The van der Waals surface area contributed by atoms with Crippen molar-refractivity contribution in [2.24, 2.45) is 17.8 Å². The summed E-state index contributed by atoms with van der Waals surface area (Å²) in [7, 11) is 0. The van der Waals surface area contributed by atoms with Gasteiger partial charge in [-0.1, -0.05) is 12.1 Å². The molecule has 0 saturated heterocycles. The predicted molar refractivity (Wildman–Crippen MR) is 99.9 cm³/mol. The Balaban J connectivity index is 1.62. The lowest BCUT2D eigenvalue weighted by molar-refractivity contribution is -0.384. The number of non-ortho nitro benzene ring substituents is 1. The van der Waals surface area contributed by atoms with Crippen LogP contribution in [0.15, 0.2) is 42.5 Å². The summed E-state index contributed by atoms with van der Waals surface area (Å²) < 4.78 is 0. The highest BCUT2D eigenvalue weighted by molar-refractivity contribution is 5.88. The second kappa shape index (κ2) is 5.81. The summed E-state index contributed by atoms with van der Waals surface area (Å²) in [6.07, 6.45) is 3.54. The van der Waals surface area contributed by atoms with Gasteiger partial charge in [0.2, 0.25) is 0 Å². The van der Waals surface area contributed by atoms with Crippen molar-refractivity contribution < 1.29 is 14.8 Å². The fraction of sp³-hybridized carbons (Fsp3) is 0.381. The van der Waals surface area contributed by atoms with Crippen LogP contribution in [-0.2, 0) is 0 Å². The van der Waals surface area contributed by atoms with Gasteiger partial charge in [0, 0.05) is 17.8 Å². The molecule has 0 spiro atoms. The van der Waals surface area contributed by atoms with E-state index in [1.54, 1.807) is 18.2 Å². The van der Waals surface area contributed by atoms with Crippen LogP contribution in [0, 0.1) is 27.9 Å². The Kier molecular flexibility index (Phi) is 3.50. The fourth-order valence-corrected chi connectivity index (χ4v) is 5.78. The minimum atomic E-state index is -0.904. The first-order chi connectivity index (χ1) is 13.0. The molecule has 1 heterocycles. The number of nitrogens with zero attached hydrogens (tertiary/aromatic N) is 1. The number of nitrogens with one attached hydrogen (secondary N) is 1. The Labute approximate surface area is 156 Å². The minimum Gasteiger partial charge on any atom is -0.478 e. The fourth-order valence-electron chi connectivity index (χ4n) is 5.78. The van der Waals surface area contributed by atoms with E-state index in [0.29, 0.717) is 29.2 Å². The number of carboxylic acid groups (broad SMARTS) is 1. The first-order valence-corrected chi connectivity index (χ1v) is 9.41. The average molecular weight is 364 g/mol. The summed E-state index contributed by atoms with van der Waals surface area (Å²) >= 11 is 0. The maximum absolute atomic E-state index is 11.4. The molecule has 5 atom stereocenters. The lowest BCUT2D eigenvalue weighted by Gasteiger charge is -2.43. The third-order valence-corrected chi connectivity index (χ3v) is 6.77. The number of benzene rings is 2. The molecule has 5 rings (SSSR count). The van der Waals surface area contributed by atoms with E-state index in [-0.39, 0.29) is 16.7 Å². The van der Waals surface area contributed by atoms with Crippen LogP contribution in [0.4, 0.5) is 11.4 Å². The Morgan fingerprint density at radius 2 is 1.96 bits per heavy atom. The number of anilines is 1. The standard InChI is InChI=1S/C21H20N2O4/c24-21(25)14-6-7-17-16(10-14)18-11-4-5-12(8-11)19(18)20(22-17)13-2-1-3-15(9-13)23(26)27/h1-3,6-7,9-12,18-20,22H,4-5,8H2,(H,24,25)/t11-,12-,18-,19+,20+/m0/s1. The van der Waals surface area contributed by atoms with Gasteiger partial charge < -0.3 is 10.4 Å². The number of rotatable bonds is 3. The van der Waals surface area contributed by atoms with E-state index < -0.39 is 5.97 Å². The van der Waals surface area contributed by atoms with E-state index in [0.717, 1.165) is 16.8 Å². The molecule has 0 aromatic heterocycles. The van der Waals surface area contributed by atoms with Gasteiger partial charge in [0.05, 0.1) is 16.5 Å². The molecule has 2 aromatic rings. The highest BCUT2D eigenvalue weighted by Gasteiger charge is 2.53. The second-order valence-corrected chi connectivity index (χ2v) is 8.02. The topological polar surface area (TPSA) is 92.5 Å². The highest BCUT2D eigenvalue weighted by atomic mass is 16.6. The second-order valence-electron chi connectivity index (χ2n) is 8.02. The summed E-state index contributed by atoms with van der Waals surface area (Å²) in [6.45, 7) is 0.